The van der Waals surface area contributed by atoms with E-state index in [1.165, 1.54) is 14.2 Å². The van der Waals surface area contributed by atoms with E-state index in [1.807, 2.05) is 0 Å². The minimum Gasteiger partial charge on any atom is -0.507 e. The summed E-state index contributed by atoms with van der Waals surface area (Å²) in [6.07, 6.45) is -0.134. The lowest BCUT2D eigenvalue weighted by molar-refractivity contribution is -0.175. The van der Waals surface area contributed by atoms with Crippen molar-refractivity contribution in [1.29, 1.82) is 0 Å². The topological polar surface area (TPSA) is 68.2 Å². The predicted octanol–water partition coefficient (Wildman–Crippen LogP) is 3.84. The van der Waals surface area contributed by atoms with Crippen LogP contribution in [0.1, 0.15) is 12.5 Å². The van der Waals surface area contributed by atoms with Crippen molar-refractivity contribution >= 4 is 29.9 Å². The van der Waals surface area contributed by atoms with E-state index in [2.05, 4.69) is 35.6 Å². The molecule has 1 atom stereocenters. The van der Waals surface area contributed by atoms with E-state index >= 15 is 0 Å². The summed E-state index contributed by atoms with van der Waals surface area (Å²) in [5.74, 6) is 0.187. The second-order valence-corrected chi connectivity index (χ2v) is 13.8. The maximum Gasteiger partial charge on any atom is 0.286 e. The third-order valence-corrected chi connectivity index (χ3v) is 6.37. The molecule has 1 N–H and O–H groups in total. The van der Waals surface area contributed by atoms with Crippen molar-refractivity contribution < 1.29 is 24.2 Å². The fraction of sp³-hybridized carbons (Fsp3) is 0.611. The highest BCUT2D eigenvalue weighted by Crippen LogP contribution is 2.37. The molecule has 8 heteroatoms. The van der Waals surface area contributed by atoms with E-state index in [1.54, 1.807) is 19.1 Å². The van der Waals surface area contributed by atoms with Crippen molar-refractivity contribution in [2.24, 2.45) is 0 Å². The summed E-state index contributed by atoms with van der Waals surface area (Å²) in [6.45, 7) is 9.89. The number of hydrogen-bond donors (Lipinski definition) is 1. The Hall–Kier alpha value is -1.09. The Morgan fingerprint density at radius 3 is 2.54 bits per heavy atom. The largest absolute Gasteiger partial charge is 0.507 e. The maximum atomic E-state index is 12.2. The quantitative estimate of drug-likeness (QED) is 0.335. The number of rotatable bonds is 10. The molecule has 0 saturated heterocycles. The van der Waals surface area contributed by atoms with E-state index in [-0.39, 0.29) is 11.7 Å². The van der Waals surface area contributed by atoms with Crippen LogP contribution < -0.4 is 4.74 Å². The van der Waals surface area contributed by atoms with Gasteiger partial charge < -0.3 is 14.6 Å². The van der Waals surface area contributed by atoms with Crippen LogP contribution in [0.25, 0.3) is 0 Å². The normalized spacial score (nSPS) is 12.7. The lowest BCUT2D eigenvalue weighted by Crippen LogP contribution is -2.37. The van der Waals surface area contributed by atoms with Gasteiger partial charge in [0.2, 0.25) is 0 Å². The molecule has 0 spiro atoms. The average molecular weight is 448 g/mol. The predicted molar refractivity (Wildman–Crippen MR) is 108 cm³/mol. The summed E-state index contributed by atoms with van der Waals surface area (Å²) < 4.78 is 12.0. The van der Waals surface area contributed by atoms with Gasteiger partial charge in [-0.15, -0.1) is 0 Å². The highest BCUT2D eigenvalue weighted by molar-refractivity contribution is 9.10. The van der Waals surface area contributed by atoms with Crippen LogP contribution in [0.5, 0.6) is 11.5 Å². The molecule has 1 aromatic carbocycles. The zero-order valence-corrected chi connectivity index (χ0v) is 19.1. The number of ether oxygens (including phenoxy) is 2. The molecular formula is C18H30BrNO5Si. The van der Waals surface area contributed by atoms with Crippen molar-refractivity contribution in [1.82, 2.24) is 5.06 Å². The van der Waals surface area contributed by atoms with Crippen LogP contribution in [-0.4, -0.2) is 57.6 Å². The zero-order valence-electron chi connectivity index (χ0n) is 16.5. The maximum absolute atomic E-state index is 12.2. The van der Waals surface area contributed by atoms with Crippen LogP contribution in [0, 0.1) is 0 Å². The summed E-state index contributed by atoms with van der Waals surface area (Å²) >= 11 is 3.35. The number of phenols is 1. The summed E-state index contributed by atoms with van der Waals surface area (Å²) in [7, 11) is 1.83. The fourth-order valence-electron chi connectivity index (χ4n) is 2.15. The molecular weight excluding hydrogens is 418 g/mol. The first-order valence-corrected chi connectivity index (χ1v) is 13.1. The van der Waals surface area contributed by atoms with Crippen LogP contribution in [-0.2, 0) is 20.8 Å². The third-order valence-electron chi connectivity index (χ3n) is 3.90. The molecule has 1 aromatic rings. The smallest absolute Gasteiger partial charge is 0.286 e. The number of halogens is 1. The fourth-order valence-corrected chi connectivity index (χ4v) is 3.38. The number of carbonyl (C=O) groups is 1. The number of phenolic OH excluding ortho intramolecular Hbond substituents is 1. The molecule has 0 saturated carbocycles. The SMILES string of the molecule is CON(C)C(=O)[C@H](C)Oc1c(CCOCC[Si](C)(C)C)ccc(O)c1Br. The Morgan fingerprint density at radius 2 is 1.96 bits per heavy atom. The monoisotopic (exact) mass is 447 g/mol. The summed E-state index contributed by atoms with van der Waals surface area (Å²) in [6, 6.07) is 4.50. The van der Waals surface area contributed by atoms with E-state index in [9.17, 15) is 9.90 Å². The molecule has 0 bridgehead atoms. The molecule has 0 fully saturated rings. The standard InChI is InChI=1S/C18H30BrNO5Si/c1-13(18(22)20(2)23-3)25-17-14(7-8-15(21)16(17)19)9-10-24-11-12-26(4,5)6/h7-8,13,21H,9-12H2,1-6H3/t13-/m0/s1. The first kappa shape index (κ1) is 22.9. The molecule has 0 aliphatic carbocycles. The highest BCUT2D eigenvalue weighted by atomic mass is 79.9. The number of aromatic hydroxyl groups is 1. The van der Waals surface area contributed by atoms with Gasteiger partial charge in [-0.2, -0.15) is 0 Å². The molecule has 26 heavy (non-hydrogen) atoms. The zero-order chi connectivity index (χ0) is 19.9. The second-order valence-electron chi connectivity index (χ2n) is 7.34. The van der Waals surface area contributed by atoms with Gasteiger partial charge in [0.1, 0.15) is 16.0 Å². The van der Waals surface area contributed by atoms with Crippen LogP contribution >= 0.6 is 15.9 Å². The molecule has 6 nitrogen and oxygen atoms in total. The van der Waals surface area contributed by atoms with E-state index in [0.29, 0.717) is 23.2 Å². The van der Waals surface area contributed by atoms with Gasteiger partial charge in [0.25, 0.3) is 5.91 Å². The molecule has 1 amide bonds. The van der Waals surface area contributed by atoms with Gasteiger partial charge in [-0.25, -0.2) is 5.06 Å². The minimum atomic E-state index is -1.11. The summed E-state index contributed by atoms with van der Waals surface area (Å²) in [4.78, 5) is 17.1. The van der Waals surface area contributed by atoms with Crippen molar-refractivity contribution in [2.45, 2.75) is 45.1 Å². The van der Waals surface area contributed by atoms with Crippen LogP contribution in [0.15, 0.2) is 16.6 Å². The van der Waals surface area contributed by atoms with Gasteiger partial charge in [0, 0.05) is 21.7 Å². The Labute approximate surface area is 165 Å². The third kappa shape index (κ3) is 7.26. The lowest BCUT2D eigenvalue weighted by atomic mass is 10.1. The summed E-state index contributed by atoms with van der Waals surface area (Å²) in [5, 5.41) is 11.1. The number of likely N-dealkylation sites (N-methyl/N-ethyl adjacent to an activating group) is 1. The highest BCUT2D eigenvalue weighted by Gasteiger charge is 2.23. The minimum absolute atomic E-state index is 0.0585. The number of carbonyl (C=O) groups excluding carboxylic acids is 1. The lowest BCUT2D eigenvalue weighted by Gasteiger charge is -2.22. The molecule has 0 heterocycles. The molecule has 148 valence electrons. The number of amides is 1. The number of nitrogens with zero attached hydrogens (tertiary/aromatic N) is 1. The van der Waals surface area contributed by atoms with Gasteiger partial charge in [-0.05, 0) is 46.9 Å². The number of benzene rings is 1. The second kappa shape index (κ2) is 10.3. The first-order valence-electron chi connectivity index (χ1n) is 8.63. The average Bonchev–Trinajstić information content (AvgIpc) is 2.57. The summed E-state index contributed by atoms with van der Waals surface area (Å²) in [5.41, 5.74) is 0.863. The van der Waals surface area contributed by atoms with E-state index in [4.69, 9.17) is 14.3 Å². The van der Waals surface area contributed by atoms with Gasteiger partial charge in [0.15, 0.2) is 6.10 Å². The van der Waals surface area contributed by atoms with Crippen LogP contribution in [0.3, 0.4) is 0 Å². The van der Waals surface area contributed by atoms with E-state index in [0.717, 1.165) is 23.3 Å². The Morgan fingerprint density at radius 1 is 1.31 bits per heavy atom. The first-order chi connectivity index (χ1) is 12.1. The molecule has 0 aliphatic heterocycles. The van der Waals surface area contributed by atoms with Gasteiger partial charge in [0.05, 0.1) is 13.7 Å². The van der Waals surface area contributed by atoms with Gasteiger partial charge in [-0.1, -0.05) is 25.7 Å². The Balaban J connectivity index is 2.78. The van der Waals surface area contributed by atoms with Crippen LogP contribution in [0.2, 0.25) is 25.7 Å². The Kier molecular flexibility index (Phi) is 9.09. The molecule has 1 rings (SSSR count). The van der Waals surface area contributed by atoms with Crippen molar-refractivity contribution in [2.75, 3.05) is 27.4 Å². The van der Waals surface area contributed by atoms with Gasteiger partial charge >= 0.3 is 0 Å². The number of hydrogen-bond acceptors (Lipinski definition) is 5. The molecule has 0 unspecified atom stereocenters. The van der Waals surface area contributed by atoms with Gasteiger partial charge in [-0.3, -0.25) is 9.63 Å². The van der Waals surface area contributed by atoms with E-state index < -0.39 is 14.2 Å². The number of hydroxylamine groups is 2. The molecule has 0 aromatic heterocycles. The Bertz CT molecular complexity index is 606. The molecule has 0 radical (unpaired) electrons. The molecule has 0 aliphatic rings. The van der Waals surface area contributed by atoms with Crippen LogP contribution in [0.4, 0.5) is 0 Å². The van der Waals surface area contributed by atoms with Crippen molar-refractivity contribution in [3.8, 4) is 11.5 Å². The van der Waals surface area contributed by atoms with Crippen molar-refractivity contribution in [3.63, 3.8) is 0 Å². The van der Waals surface area contributed by atoms with Crippen molar-refractivity contribution in [3.05, 3.63) is 22.2 Å².